The number of unbranched alkanes of at least 4 members (excludes halogenated alkanes) is 15. The molecule has 0 fully saturated rings. The van der Waals surface area contributed by atoms with E-state index >= 15 is 0 Å². The van der Waals surface area contributed by atoms with Gasteiger partial charge in [-0.3, -0.25) is 14.4 Å². The van der Waals surface area contributed by atoms with E-state index in [1.165, 1.54) is 51.4 Å². The fourth-order valence-corrected chi connectivity index (χ4v) is 6.50. The van der Waals surface area contributed by atoms with Gasteiger partial charge in [0, 0.05) is 19.3 Å². The average Bonchev–Trinajstić information content (AvgIpc) is 3.28. The first-order valence-electron chi connectivity index (χ1n) is 25.4. The summed E-state index contributed by atoms with van der Waals surface area (Å²) in [7, 11) is 0. The number of carbonyl (C=O) groups is 3. The molecule has 63 heavy (non-hydrogen) atoms. The summed E-state index contributed by atoms with van der Waals surface area (Å²) < 4.78 is 16.6. The Balaban J connectivity index is 4.22. The van der Waals surface area contributed by atoms with Crippen molar-refractivity contribution in [1.29, 1.82) is 0 Å². The summed E-state index contributed by atoms with van der Waals surface area (Å²) in [6, 6.07) is 0. The standard InChI is InChI=1S/C57H92O6/c1-4-7-10-13-15-17-19-20-21-22-23-24-25-26-27-28-29-30-31-32-33-34-35-36-38-39-41-44-47-50-56(59)62-53-54(52-61-55(58)49-46-43-12-9-6-3)63-57(60)51-48-45-42-40-37-18-16-14-11-8-5-2/h7,10,15,17,20-21,23-24,26-27,29-30,32-33,35-36,39,41,54H,4-6,8-9,11-14,16,18-19,22,25,28,31,34,37-38,40,42-53H2,1-3H3/b10-7-,17-15-,21-20-,24-23-,27-26-,30-29-,33-32-,36-35-,41-39-. The number of carbonyl (C=O) groups excluding carboxylic acids is 3. The first kappa shape index (κ1) is 59.1. The minimum absolute atomic E-state index is 0.0966. The highest BCUT2D eigenvalue weighted by Crippen LogP contribution is 2.13. The van der Waals surface area contributed by atoms with Crippen LogP contribution in [0.5, 0.6) is 0 Å². The van der Waals surface area contributed by atoms with E-state index in [2.05, 4.69) is 130 Å². The first-order valence-corrected chi connectivity index (χ1v) is 25.4. The maximum atomic E-state index is 12.7. The Morgan fingerprint density at radius 1 is 0.333 bits per heavy atom. The van der Waals surface area contributed by atoms with E-state index in [1.54, 1.807) is 0 Å². The summed E-state index contributed by atoms with van der Waals surface area (Å²) in [5.74, 6) is -0.981. The SMILES string of the molecule is CC/C=C\C/C=C\C/C=C\C/C=C\C/C=C\C/C=C\C/C=C\C/C=C\C/C=C\CCCC(=O)OCC(COC(=O)CCCCCCC)OC(=O)CCCCCCCCCCCCC. The number of allylic oxidation sites excluding steroid dienone is 18. The van der Waals surface area contributed by atoms with Crippen LogP contribution in [-0.2, 0) is 28.6 Å². The van der Waals surface area contributed by atoms with Crippen molar-refractivity contribution >= 4 is 17.9 Å². The van der Waals surface area contributed by atoms with Crippen molar-refractivity contribution < 1.29 is 28.6 Å². The Hall–Kier alpha value is -3.93. The van der Waals surface area contributed by atoms with E-state index in [1.807, 2.05) is 0 Å². The molecule has 0 saturated carbocycles. The monoisotopic (exact) mass is 873 g/mol. The maximum Gasteiger partial charge on any atom is 0.306 e. The molecular weight excluding hydrogens is 781 g/mol. The summed E-state index contributed by atoms with van der Waals surface area (Å²) in [6.07, 6.45) is 68.4. The Bertz CT molecular complexity index is 1330. The molecule has 0 aliphatic rings. The van der Waals surface area contributed by atoms with Gasteiger partial charge in [0.05, 0.1) is 0 Å². The van der Waals surface area contributed by atoms with Gasteiger partial charge in [0.1, 0.15) is 13.2 Å². The Morgan fingerprint density at radius 2 is 0.619 bits per heavy atom. The van der Waals surface area contributed by atoms with Gasteiger partial charge in [0.15, 0.2) is 6.10 Å². The van der Waals surface area contributed by atoms with E-state index < -0.39 is 6.10 Å². The molecule has 0 N–H and O–H groups in total. The van der Waals surface area contributed by atoms with Crippen LogP contribution < -0.4 is 0 Å². The van der Waals surface area contributed by atoms with E-state index in [-0.39, 0.29) is 37.5 Å². The molecule has 0 saturated heterocycles. The Labute approximate surface area is 387 Å². The fourth-order valence-electron chi connectivity index (χ4n) is 6.50. The fraction of sp³-hybridized carbons (Fsp3) is 0.632. The highest BCUT2D eigenvalue weighted by molar-refractivity contribution is 5.71. The van der Waals surface area contributed by atoms with Gasteiger partial charge in [-0.25, -0.2) is 0 Å². The third kappa shape index (κ3) is 49.0. The van der Waals surface area contributed by atoms with Crippen LogP contribution in [0.2, 0.25) is 0 Å². The third-order valence-corrected chi connectivity index (χ3v) is 10.3. The molecule has 1 unspecified atom stereocenters. The summed E-state index contributed by atoms with van der Waals surface area (Å²) in [6.45, 7) is 6.36. The van der Waals surface area contributed by atoms with Gasteiger partial charge in [-0.05, 0) is 83.5 Å². The lowest BCUT2D eigenvalue weighted by molar-refractivity contribution is -0.167. The average molecular weight is 873 g/mol. The smallest absolute Gasteiger partial charge is 0.306 e. The van der Waals surface area contributed by atoms with Crippen molar-refractivity contribution in [2.75, 3.05) is 13.2 Å². The van der Waals surface area contributed by atoms with E-state index in [4.69, 9.17) is 14.2 Å². The molecule has 6 heteroatoms. The van der Waals surface area contributed by atoms with Crippen LogP contribution in [0.4, 0.5) is 0 Å². The molecule has 0 aliphatic heterocycles. The lowest BCUT2D eigenvalue weighted by atomic mass is 10.1. The van der Waals surface area contributed by atoms with Crippen LogP contribution >= 0.6 is 0 Å². The molecule has 0 spiro atoms. The molecule has 0 aromatic carbocycles. The zero-order valence-electron chi connectivity index (χ0n) is 40.5. The minimum atomic E-state index is -0.795. The molecule has 0 radical (unpaired) electrons. The first-order chi connectivity index (χ1) is 31.0. The summed E-state index contributed by atoms with van der Waals surface area (Å²) >= 11 is 0. The van der Waals surface area contributed by atoms with Crippen LogP contribution in [-0.4, -0.2) is 37.2 Å². The number of esters is 3. The number of hydrogen-bond donors (Lipinski definition) is 0. The summed E-state index contributed by atoms with van der Waals surface area (Å²) in [5, 5.41) is 0. The second-order valence-corrected chi connectivity index (χ2v) is 16.4. The summed E-state index contributed by atoms with van der Waals surface area (Å²) in [5.41, 5.74) is 0. The second-order valence-electron chi connectivity index (χ2n) is 16.4. The zero-order valence-corrected chi connectivity index (χ0v) is 40.5. The van der Waals surface area contributed by atoms with E-state index in [0.717, 1.165) is 116 Å². The quantitative estimate of drug-likeness (QED) is 0.0263. The minimum Gasteiger partial charge on any atom is -0.462 e. The molecule has 0 amide bonds. The Kier molecular flexibility index (Phi) is 47.5. The molecular formula is C57H92O6. The van der Waals surface area contributed by atoms with Crippen LogP contribution in [0.25, 0.3) is 0 Å². The normalized spacial score (nSPS) is 13.0. The van der Waals surface area contributed by atoms with Gasteiger partial charge in [-0.2, -0.15) is 0 Å². The number of rotatable bonds is 44. The van der Waals surface area contributed by atoms with Crippen LogP contribution in [0.15, 0.2) is 109 Å². The van der Waals surface area contributed by atoms with Crippen LogP contribution in [0.1, 0.15) is 213 Å². The predicted molar refractivity (Wildman–Crippen MR) is 270 cm³/mol. The van der Waals surface area contributed by atoms with Crippen molar-refractivity contribution in [2.24, 2.45) is 0 Å². The molecule has 0 aliphatic carbocycles. The molecule has 0 aromatic rings. The van der Waals surface area contributed by atoms with Gasteiger partial charge in [0.25, 0.3) is 0 Å². The predicted octanol–water partition coefficient (Wildman–Crippen LogP) is 16.8. The van der Waals surface area contributed by atoms with Crippen molar-refractivity contribution in [3.63, 3.8) is 0 Å². The maximum absolute atomic E-state index is 12.7. The van der Waals surface area contributed by atoms with Gasteiger partial charge in [-0.15, -0.1) is 0 Å². The van der Waals surface area contributed by atoms with Gasteiger partial charge >= 0.3 is 17.9 Å². The van der Waals surface area contributed by atoms with Crippen molar-refractivity contribution in [3.8, 4) is 0 Å². The topological polar surface area (TPSA) is 78.9 Å². The molecule has 0 heterocycles. The molecule has 356 valence electrons. The molecule has 0 rings (SSSR count). The number of ether oxygens (including phenoxy) is 3. The van der Waals surface area contributed by atoms with E-state index in [9.17, 15) is 14.4 Å². The summed E-state index contributed by atoms with van der Waals surface area (Å²) in [4.78, 5) is 37.5. The van der Waals surface area contributed by atoms with Crippen LogP contribution in [0.3, 0.4) is 0 Å². The zero-order chi connectivity index (χ0) is 45.8. The molecule has 6 nitrogen and oxygen atoms in total. The van der Waals surface area contributed by atoms with Gasteiger partial charge in [0.2, 0.25) is 0 Å². The van der Waals surface area contributed by atoms with Gasteiger partial charge in [-0.1, -0.05) is 220 Å². The van der Waals surface area contributed by atoms with Crippen molar-refractivity contribution in [3.05, 3.63) is 109 Å². The highest BCUT2D eigenvalue weighted by atomic mass is 16.6. The largest absolute Gasteiger partial charge is 0.462 e. The van der Waals surface area contributed by atoms with E-state index in [0.29, 0.717) is 19.3 Å². The molecule has 0 aromatic heterocycles. The number of hydrogen-bond acceptors (Lipinski definition) is 6. The Morgan fingerprint density at radius 3 is 0.968 bits per heavy atom. The van der Waals surface area contributed by atoms with Crippen molar-refractivity contribution in [1.82, 2.24) is 0 Å². The molecule has 0 bridgehead atoms. The lowest BCUT2D eigenvalue weighted by Crippen LogP contribution is -2.30. The third-order valence-electron chi connectivity index (χ3n) is 10.3. The highest BCUT2D eigenvalue weighted by Gasteiger charge is 2.19. The van der Waals surface area contributed by atoms with Gasteiger partial charge < -0.3 is 14.2 Å². The molecule has 1 atom stereocenters. The second kappa shape index (κ2) is 50.7. The van der Waals surface area contributed by atoms with Crippen molar-refractivity contribution in [2.45, 2.75) is 219 Å². The van der Waals surface area contributed by atoms with Crippen LogP contribution in [0, 0.1) is 0 Å². The lowest BCUT2D eigenvalue weighted by Gasteiger charge is -2.18.